The summed E-state index contributed by atoms with van der Waals surface area (Å²) in [6.07, 6.45) is 5.74. The Hall–Kier alpha value is -0.840. The van der Waals surface area contributed by atoms with Gasteiger partial charge in [-0.3, -0.25) is 4.79 Å². The van der Waals surface area contributed by atoms with Crippen molar-refractivity contribution in [3.8, 4) is 0 Å². The molecule has 1 fully saturated rings. The normalized spacial score (nSPS) is 17.3. The van der Waals surface area contributed by atoms with E-state index in [1.54, 1.807) is 6.92 Å². The molecule has 122 valence electrons. The fourth-order valence-electron chi connectivity index (χ4n) is 2.66. The minimum atomic E-state index is -0.555. The first-order valence-electron chi connectivity index (χ1n) is 7.52. The molecule has 0 heterocycles. The van der Waals surface area contributed by atoms with Gasteiger partial charge >= 0.3 is 0 Å². The van der Waals surface area contributed by atoms with E-state index in [4.69, 9.17) is 27.9 Å². The second kappa shape index (κ2) is 8.14. The number of halogens is 3. The van der Waals surface area contributed by atoms with Crippen LogP contribution in [0.1, 0.15) is 50.6 Å². The Morgan fingerprint density at radius 3 is 2.68 bits per heavy atom. The molecule has 0 spiro atoms. The Morgan fingerprint density at radius 1 is 1.32 bits per heavy atom. The molecule has 22 heavy (non-hydrogen) atoms. The molecule has 1 aliphatic rings. The lowest BCUT2D eigenvalue weighted by atomic mass is 9.98. The zero-order valence-corrected chi connectivity index (χ0v) is 14.0. The number of benzene rings is 1. The Kier molecular flexibility index (Phi) is 6.48. The van der Waals surface area contributed by atoms with Crippen LogP contribution in [0.25, 0.3) is 0 Å². The number of amides is 1. The van der Waals surface area contributed by atoms with Crippen LogP contribution in [0.3, 0.4) is 0 Å². The largest absolute Gasteiger partial charge is 0.368 e. The Balaban J connectivity index is 1.86. The van der Waals surface area contributed by atoms with Gasteiger partial charge in [0.2, 0.25) is 5.91 Å². The maximum Gasteiger partial charge on any atom is 0.246 e. The summed E-state index contributed by atoms with van der Waals surface area (Å²) in [6.45, 7) is 1.76. The predicted octanol–water partition coefficient (Wildman–Crippen LogP) is 4.66. The fourth-order valence-corrected chi connectivity index (χ4v) is 3.20. The molecular weight excluding hydrogens is 328 g/mol. The highest BCUT2D eigenvalue weighted by atomic mass is 35.5. The Morgan fingerprint density at radius 2 is 2.00 bits per heavy atom. The van der Waals surface area contributed by atoms with Crippen LogP contribution >= 0.6 is 23.2 Å². The monoisotopic (exact) mass is 347 g/mol. The molecule has 1 amide bonds. The van der Waals surface area contributed by atoms with Crippen LogP contribution in [0.4, 0.5) is 4.39 Å². The van der Waals surface area contributed by atoms with Gasteiger partial charge in [0.05, 0.1) is 17.2 Å². The number of nitrogens with one attached hydrogen (secondary N) is 1. The van der Waals surface area contributed by atoms with Crippen LogP contribution in [-0.4, -0.2) is 18.6 Å². The van der Waals surface area contributed by atoms with E-state index >= 15 is 0 Å². The van der Waals surface area contributed by atoms with Crippen molar-refractivity contribution < 1.29 is 13.9 Å². The van der Waals surface area contributed by atoms with Crippen LogP contribution in [0.5, 0.6) is 0 Å². The van der Waals surface area contributed by atoms with Crippen molar-refractivity contribution in [2.45, 2.75) is 51.2 Å². The van der Waals surface area contributed by atoms with E-state index in [9.17, 15) is 9.18 Å². The highest BCUT2D eigenvalue weighted by Crippen LogP contribution is 2.28. The first kappa shape index (κ1) is 17.5. The zero-order chi connectivity index (χ0) is 16.1. The van der Waals surface area contributed by atoms with Gasteiger partial charge in [0.25, 0.3) is 0 Å². The van der Waals surface area contributed by atoms with Crippen molar-refractivity contribution >= 4 is 29.1 Å². The third-order valence-electron chi connectivity index (χ3n) is 3.89. The molecule has 1 aromatic carbocycles. The van der Waals surface area contributed by atoms with Gasteiger partial charge in [0.1, 0.15) is 12.4 Å². The standard InChI is InChI=1S/C16H20Cl2FNO2/c1-10(12-7-15(19)14(18)8-13(12)17)20-16(21)9-22-11-5-3-2-4-6-11/h7-8,10-11H,2-6,9H2,1H3,(H,20,21). The van der Waals surface area contributed by atoms with Crippen molar-refractivity contribution in [2.24, 2.45) is 0 Å². The lowest BCUT2D eigenvalue weighted by Crippen LogP contribution is -2.32. The van der Waals surface area contributed by atoms with Gasteiger partial charge in [-0.2, -0.15) is 0 Å². The average Bonchev–Trinajstić information content (AvgIpc) is 2.50. The first-order valence-corrected chi connectivity index (χ1v) is 8.28. The molecule has 0 aromatic heterocycles. The molecular formula is C16H20Cl2FNO2. The van der Waals surface area contributed by atoms with Crippen LogP contribution in [0.2, 0.25) is 10.0 Å². The topological polar surface area (TPSA) is 38.3 Å². The number of rotatable bonds is 5. The van der Waals surface area contributed by atoms with Crippen LogP contribution in [0.15, 0.2) is 12.1 Å². The average molecular weight is 348 g/mol. The number of hydrogen-bond acceptors (Lipinski definition) is 2. The molecule has 2 rings (SSSR count). The molecule has 0 radical (unpaired) electrons. The molecule has 0 saturated heterocycles. The molecule has 1 unspecified atom stereocenters. The molecule has 1 aliphatic carbocycles. The number of carbonyl (C=O) groups is 1. The summed E-state index contributed by atoms with van der Waals surface area (Å²) in [5, 5.41) is 3.06. The minimum absolute atomic E-state index is 0.0166. The predicted molar refractivity (Wildman–Crippen MR) is 85.8 cm³/mol. The maximum atomic E-state index is 13.5. The summed E-state index contributed by atoms with van der Waals surface area (Å²) in [6, 6.07) is 2.17. The smallest absolute Gasteiger partial charge is 0.246 e. The maximum absolute atomic E-state index is 13.5. The number of carbonyl (C=O) groups excluding carboxylic acids is 1. The second-order valence-corrected chi connectivity index (χ2v) is 6.46. The van der Waals surface area contributed by atoms with Gasteiger partial charge in [-0.1, -0.05) is 42.5 Å². The molecule has 1 N–H and O–H groups in total. The van der Waals surface area contributed by atoms with Crippen molar-refractivity contribution in [1.29, 1.82) is 0 Å². The van der Waals surface area contributed by atoms with Crippen molar-refractivity contribution in [3.63, 3.8) is 0 Å². The van der Waals surface area contributed by atoms with Crippen molar-refractivity contribution in [3.05, 3.63) is 33.6 Å². The zero-order valence-electron chi connectivity index (χ0n) is 12.5. The third-order valence-corrected chi connectivity index (χ3v) is 4.50. The van der Waals surface area contributed by atoms with Gasteiger partial charge in [-0.05, 0) is 37.5 Å². The lowest BCUT2D eigenvalue weighted by molar-refractivity contribution is -0.129. The molecule has 1 saturated carbocycles. The Bertz CT molecular complexity index is 533. The van der Waals surface area contributed by atoms with E-state index in [-0.39, 0.29) is 23.6 Å². The quantitative estimate of drug-likeness (QED) is 0.786. The van der Waals surface area contributed by atoms with E-state index in [0.717, 1.165) is 25.7 Å². The van der Waals surface area contributed by atoms with E-state index < -0.39 is 11.9 Å². The first-order chi connectivity index (χ1) is 10.5. The highest BCUT2D eigenvalue weighted by molar-refractivity contribution is 6.35. The van der Waals surface area contributed by atoms with E-state index in [1.165, 1.54) is 18.6 Å². The van der Waals surface area contributed by atoms with E-state index in [1.807, 2.05) is 0 Å². The van der Waals surface area contributed by atoms with Gasteiger partial charge in [0, 0.05) is 5.02 Å². The lowest BCUT2D eigenvalue weighted by Gasteiger charge is -2.22. The van der Waals surface area contributed by atoms with Crippen molar-refractivity contribution in [1.82, 2.24) is 5.32 Å². The fraction of sp³-hybridized carbons (Fsp3) is 0.562. The number of hydrogen-bond donors (Lipinski definition) is 1. The van der Waals surface area contributed by atoms with E-state index in [0.29, 0.717) is 10.6 Å². The minimum Gasteiger partial charge on any atom is -0.368 e. The summed E-state index contributed by atoms with van der Waals surface area (Å²) in [7, 11) is 0. The summed E-state index contributed by atoms with van der Waals surface area (Å²) in [5.74, 6) is -0.787. The van der Waals surface area contributed by atoms with Gasteiger partial charge < -0.3 is 10.1 Å². The van der Waals surface area contributed by atoms with Crippen LogP contribution in [0, 0.1) is 5.82 Å². The van der Waals surface area contributed by atoms with Crippen LogP contribution < -0.4 is 5.32 Å². The van der Waals surface area contributed by atoms with Gasteiger partial charge in [-0.15, -0.1) is 0 Å². The van der Waals surface area contributed by atoms with Gasteiger partial charge in [-0.25, -0.2) is 4.39 Å². The third kappa shape index (κ3) is 4.83. The molecule has 6 heteroatoms. The van der Waals surface area contributed by atoms with Crippen LogP contribution in [-0.2, 0) is 9.53 Å². The molecule has 0 bridgehead atoms. The summed E-state index contributed by atoms with van der Waals surface area (Å²) in [5.41, 5.74) is 0.495. The molecule has 1 aromatic rings. The van der Waals surface area contributed by atoms with E-state index in [2.05, 4.69) is 5.32 Å². The van der Waals surface area contributed by atoms with Crippen molar-refractivity contribution in [2.75, 3.05) is 6.61 Å². The number of ether oxygens (including phenoxy) is 1. The summed E-state index contributed by atoms with van der Waals surface area (Å²) < 4.78 is 19.1. The summed E-state index contributed by atoms with van der Waals surface area (Å²) >= 11 is 11.7. The molecule has 3 nitrogen and oxygen atoms in total. The Labute approximate surface area is 140 Å². The highest BCUT2D eigenvalue weighted by Gasteiger charge is 2.18. The van der Waals surface area contributed by atoms with Gasteiger partial charge in [0.15, 0.2) is 0 Å². The SMILES string of the molecule is CC(NC(=O)COC1CCCCC1)c1cc(F)c(Cl)cc1Cl. The second-order valence-electron chi connectivity index (χ2n) is 5.65. The summed E-state index contributed by atoms with van der Waals surface area (Å²) in [4.78, 5) is 11.9. The molecule has 1 atom stereocenters. The molecule has 0 aliphatic heterocycles.